The molecule has 0 bridgehead atoms. The van der Waals surface area contributed by atoms with Gasteiger partial charge < -0.3 is 42.4 Å². The molecule has 0 saturated heterocycles. The third kappa shape index (κ3) is 707. The maximum absolute atomic E-state index is 8.63. The van der Waals surface area contributed by atoms with Gasteiger partial charge in [-0.15, -0.1) is 0 Å². The number of nitrogens with two attached hydrogens (primary N) is 1. The molecule has 0 unspecified atom stereocenters. The summed E-state index contributed by atoms with van der Waals surface area (Å²) in [5, 5.41) is 20.4. The van der Waals surface area contributed by atoms with Crippen molar-refractivity contribution in [1.29, 1.82) is 0 Å². The Bertz CT molecular complexity index is 173. The number of rotatable bonds is 0. The van der Waals surface area contributed by atoms with Crippen LogP contribution in [0.2, 0.25) is 0 Å². The zero-order valence-electron chi connectivity index (χ0n) is 7.79. The van der Waals surface area contributed by atoms with E-state index in [1.165, 1.54) is 0 Å². The fraction of sp³-hybridized carbons (Fsp3) is 0. The van der Waals surface area contributed by atoms with Crippen LogP contribution in [0.15, 0.2) is 0 Å². The molecule has 10 nitrogen and oxygen atoms in total. The van der Waals surface area contributed by atoms with Gasteiger partial charge in [0.05, 0.1) is 0 Å². The van der Waals surface area contributed by atoms with Crippen LogP contribution in [0.1, 0.15) is 0 Å². The van der Waals surface area contributed by atoms with Crippen molar-refractivity contribution in [2.75, 3.05) is 0 Å². The van der Waals surface area contributed by atoms with Crippen LogP contribution in [-0.4, -0.2) is 44.6 Å². The van der Waals surface area contributed by atoms with Crippen molar-refractivity contribution in [3.05, 3.63) is 0 Å². The van der Waals surface area contributed by atoms with E-state index in [-0.39, 0.29) is 103 Å². The second-order valence-electron chi connectivity index (χ2n) is 0.710. The fourth-order valence-corrected chi connectivity index (χ4v) is 0. The molecule has 0 aliphatic carbocycles. The van der Waals surface area contributed by atoms with E-state index < -0.39 is 16.6 Å². The summed E-state index contributed by atoms with van der Waals surface area (Å²) in [6.07, 6.45) is -1.83. The van der Waals surface area contributed by atoms with E-state index in [2.05, 4.69) is 5.90 Å². The summed E-state index contributed by atoms with van der Waals surface area (Å²) in [6.45, 7) is 0. The number of carboxylic acid groups (broad SMARTS) is 2. The molecule has 0 spiro atoms. The first kappa shape index (κ1) is 43.4. The Labute approximate surface area is 161 Å². The van der Waals surface area contributed by atoms with Crippen molar-refractivity contribution in [2.45, 2.75) is 0 Å². The molecule has 0 aromatic carbocycles. The Morgan fingerprint density at radius 2 is 1.20 bits per heavy atom. The summed E-state index contributed by atoms with van der Waals surface area (Å²) >= 11 is 0. The summed E-state index contributed by atoms with van der Waals surface area (Å²) in [7, 11) is -4.92. The molecule has 86 valence electrons. The van der Waals surface area contributed by atoms with Crippen molar-refractivity contribution in [3.63, 3.8) is 0 Å². The van der Waals surface area contributed by atoms with Gasteiger partial charge in [-0.1, -0.05) is 0 Å². The normalized spacial score (nSPS) is 5.87. The van der Waals surface area contributed by atoms with Gasteiger partial charge >= 0.3 is 87.1 Å². The molecule has 0 aliphatic rings. The quantitative estimate of drug-likeness (QED) is 0.121. The molecule has 0 saturated carbocycles. The Hall–Kier alpha value is 2.14. The van der Waals surface area contributed by atoms with Gasteiger partial charge in [-0.25, -0.2) is 19.1 Å². The van der Waals surface area contributed by atoms with Crippen LogP contribution in [0.25, 0.3) is 0 Å². The summed E-state index contributed by atoms with van der Waals surface area (Å²) < 4.78 is 32.8. The molecular weight excluding hydrogens is 344 g/mol. The number of hydrogen-bond donors (Lipinski definition) is 5. The largest absolute Gasteiger partial charge is 1.00 e. The van der Waals surface area contributed by atoms with Crippen molar-refractivity contribution in [3.8, 4) is 0 Å². The van der Waals surface area contributed by atoms with Gasteiger partial charge in [0.15, 0.2) is 0 Å². The number of halogens is 1. The minimum Gasteiger partial charge on any atom is -1.00 e. The average Bonchev–Trinajstić information content (AvgIpc) is 1.63. The van der Waals surface area contributed by atoms with Crippen molar-refractivity contribution < 1.29 is 141 Å². The number of carbonyl (C=O) groups is 1. The third-order valence-corrected chi connectivity index (χ3v) is 0. The van der Waals surface area contributed by atoms with Crippen LogP contribution < -0.4 is 104 Å². The fourth-order valence-electron chi connectivity index (χ4n) is 0. The summed E-state index contributed by atoms with van der Waals surface area (Å²) in [4.78, 5) is 8.56. The maximum Gasteiger partial charge on any atom is 1.00 e. The minimum absolute atomic E-state index is 0. The Balaban J connectivity index is -0.0000000120. The summed E-state index contributed by atoms with van der Waals surface area (Å²) in [6, 6.07) is 0. The SMILES string of the molecule is NO.O.O=C(O)O.O=S(=O)([O-])O.[Br-].[K+].[Na+]. The van der Waals surface area contributed by atoms with Crippen LogP contribution in [0.3, 0.4) is 0 Å². The smallest absolute Gasteiger partial charge is 1.00 e. The van der Waals surface area contributed by atoms with Gasteiger partial charge in [0, 0.05) is 0 Å². The second kappa shape index (κ2) is 29.8. The van der Waals surface area contributed by atoms with Crippen LogP contribution in [0.4, 0.5) is 4.79 Å². The molecule has 8 N–H and O–H groups in total. The predicted molar refractivity (Wildman–Crippen MR) is 32.6 cm³/mol. The molecule has 0 aliphatic heterocycles. The Morgan fingerprint density at radius 3 is 1.20 bits per heavy atom. The van der Waals surface area contributed by atoms with Gasteiger partial charge in [-0.05, 0) is 0 Å². The Morgan fingerprint density at radius 1 is 1.20 bits per heavy atom. The molecule has 0 fully saturated rings. The predicted octanol–water partition coefficient (Wildman–Crippen LogP) is -11.3. The van der Waals surface area contributed by atoms with Crippen molar-refractivity contribution >= 4 is 16.6 Å². The zero-order chi connectivity index (χ0) is 10.1. The first-order valence-corrected chi connectivity index (χ1v) is 2.96. The van der Waals surface area contributed by atoms with E-state index in [0.717, 1.165) is 0 Å². The first-order valence-electron chi connectivity index (χ1n) is 1.59. The first-order chi connectivity index (χ1) is 4.73. The summed E-state index contributed by atoms with van der Waals surface area (Å²) in [5.41, 5.74) is 0. The van der Waals surface area contributed by atoms with Gasteiger partial charge in [-0.2, -0.15) is 0 Å². The van der Waals surface area contributed by atoms with E-state index in [1.54, 1.807) is 0 Å². The maximum atomic E-state index is 8.63. The van der Waals surface area contributed by atoms with Gasteiger partial charge in [-0.3, -0.25) is 4.55 Å². The van der Waals surface area contributed by atoms with Crippen LogP contribution in [0, 0.1) is 0 Å². The molecular formula is CH8BrKNNaO9S. The third-order valence-electron chi connectivity index (χ3n) is 0. The second-order valence-corrected chi connectivity index (χ2v) is 1.57. The molecule has 0 atom stereocenters. The molecule has 0 aromatic heterocycles. The molecule has 0 rings (SSSR count). The van der Waals surface area contributed by atoms with E-state index in [1.807, 2.05) is 0 Å². The van der Waals surface area contributed by atoms with Crippen LogP contribution in [-0.2, 0) is 10.4 Å². The Kier molecular flexibility index (Phi) is 86.3. The zero-order valence-corrected chi connectivity index (χ0v) is 15.3. The van der Waals surface area contributed by atoms with Gasteiger partial charge in [0.25, 0.3) is 0 Å². The molecule has 15 heavy (non-hydrogen) atoms. The van der Waals surface area contributed by atoms with Crippen LogP contribution >= 0.6 is 0 Å². The van der Waals surface area contributed by atoms with E-state index >= 15 is 0 Å². The van der Waals surface area contributed by atoms with E-state index in [4.69, 9.17) is 37.7 Å². The number of hydrogen-bond acceptors (Lipinski definition) is 6. The monoisotopic (exact) mass is 351 g/mol. The molecule has 0 heterocycles. The van der Waals surface area contributed by atoms with Crippen molar-refractivity contribution in [1.82, 2.24) is 0 Å². The molecule has 0 amide bonds. The molecule has 0 radical (unpaired) electrons. The van der Waals surface area contributed by atoms with Crippen LogP contribution in [0.5, 0.6) is 0 Å². The summed E-state index contributed by atoms with van der Waals surface area (Å²) in [5.74, 6) is 3.50. The van der Waals surface area contributed by atoms with E-state index in [9.17, 15) is 0 Å². The minimum atomic E-state index is -4.92. The molecule has 14 heteroatoms. The van der Waals surface area contributed by atoms with E-state index in [0.29, 0.717) is 0 Å². The topological polar surface area (TPSA) is 213 Å². The molecule has 0 aromatic rings. The van der Waals surface area contributed by atoms with Gasteiger partial charge in [0.2, 0.25) is 10.4 Å². The van der Waals surface area contributed by atoms with Gasteiger partial charge in [0.1, 0.15) is 0 Å². The average molecular weight is 352 g/mol. The standard InChI is InChI=1S/CH2O3.BrH.K.H3NO.Na.H2O4S.H2O/c2-1(3)4;;;1-2;;1-5(2,3)4;/h(H2,2,3,4);1H;;2H,1H2;;(H2,1,2,3,4);1H2/q;;+1;;+1;;/p-2. The van der Waals surface area contributed by atoms with Crippen molar-refractivity contribution in [2.24, 2.45) is 5.90 Å².